The molecule has 2 N–H and O–H groups in total. The Labute approximate surface area is 152 Å². The zero-order valence-corrected chi connectivity index (χ0v) is 15.2. The van der Waals surface area contributed by atoms with E-state index >= 15 is 0 Å². The average molecular weight is 358 g/mol. The van der Waals surface area contributed by atoms with Crippen LogP contribution >= 0.6 is 0 Å². The summed E-state index contributed by atoms with van der Waals surface area (Å²) in [6.07, 6.45) is -2.51. The zero-order chi connectivity index (χ0) is 18.7. The van der Waals surface area contributed by atoms with E-state index in [2.05, 4.69) is 31.1 Å². The maximum absolute atomic E-state index is 12.6. The number of fused-ring (bicyclic) bond motifs is 1. The standard InChI is InChI=1S/C21H24F2N2O/c1-13(2)24-14(3)15-8-9-20(26-12-21(22)23)17(10-15)19-11-16-6-4-5-7-18(16)25-19/h4-11,13-14,21,24-25H,12H2,1-3H3. The predicted molar refractivity (Wildman–Crippen MR) is 102 cm³/mol. The molecule has 2 aromatic carbocycles. The third-order valence-electron chi connectivity index (χ3n) is 4.27. The molecule has 3 aromatic rings. The van der Waals surface area contributed by atoms with E-state index in [4.69, 9.17) is 4.74 Å². The number of hydrogen-bond donors (Lipinski definition) is 2. The summed E-state index contributed by atoms with van der Waals surface area (Å²) in [5, 5.41) is 4.53. The minimum atomic E-state index is -2.51. The van der Waals surface area contributed by atoms with Crippen molar-refractivity contribution in [2.24, 2.45) is 0 Å². The van der Waals surface area contributed by atoms with E-state index in [0.717, 1.165) is 27.7 Å². The van der Waals surface area contributed by atoms with Crippen molar-refractivity contribution in [2.45, 2.75) is 39.3 Å². The van der Waals surface area contributed by atoms with Crippen molar-refractivity contribution in [3.63, 3.8) is 0 Å². The average Bonchev–Trinajstić information content (AvgIpc) is 3.03. The van der Waals surface area contributed by atoms with Gasteiger partial charge in [-0.3, -0.25) is 0 Å². The summed E-state index contributed by atoms with van der Waals surface area (Å²) in [7, 11) is 0. The molecular weight excluding hydrogens is 334 g/mol. The molecule has 3 rings (SSSR count). The second-order valence-electron chi connectivity index (χ2n) is 6.77. The van der Waals surface area contributed by atoms with Crippen LogP contribution in [0.2, 0.25) is 0 Å². The Bertz CT molecular complexity index is 840. The number of nitrogens with one attached hydrogen (secondary N) is 2. The Hall–Kier alpha value is -2.40. The molecule has 0 aliphatic rings. The van der Waals surface area contributed by atoms with Crippen molar-refractivity contribution in [2.75, 3.05) is 6.61 Å². The highest BCUT2D eigenvalue weighted by atomic mass is 19.3. The van der Waals surface area contributed by atoms with Crippen LogP contribution in [0.1, 0.15) is 32.4 Å². The maximum Gasteiger partial charge on any atom is 0.272 e. The van der Waals surface area contributed by atoms with Gasteiger partial charge in [-0.25, -0.2) is 8.78 Å². The van der Waals surface area contributed by atoms with Crippen LogP contribution in [0.4, 0.5) is 8.78 Å². The number of ether oxygens (including phenoxy) is 1. The van der Waals surface area contributed by atoms with Crippen LogP contribution in [0.25, 0.3) is 22.2 Å². The van der Waals surface area contributed by atoms with E-state index in [-0.39, 0.29) is 6.04 Å². The smallest absolute Gasteiger partial charge is 0.272 e. The van der Waals surface area contributed by atoms with Gasteiger partial charge in [-0.15, -0.1) is 0 Å². The Morgan fingerprint density at radius 1 is 1.04 bits per heavy atom. The van der Waals surface area contributed by atoms with E-state index in [0.29, 0.717) is 11.8 Å². The molecule has 0 aliphatic heterocycles. The molecule has 0 saturated heterocycles. The lowest BCUT2D eigenvalue weighted by atomic mass is 10.0. The number of H-pyrrole nitrogens is 1. The third kappa shape index (κ3) is 4.22. The Balaban J connectivity index is 2.02. The molecule has 0 amide bonds. The number of alkyl halides is 2. The second kappa shape index (κ2) is 7.87. The van der Waals surface area contributed by atoms with Gasteiger partial charge in [-0.05, 0) is 36.8 Å². The van der Waals surface area contributed by atoms with Crippen LogP contribution in [0.3, 0.4) is 0 Å². The number of aromatic nitrogens is 1. The molecular formula is C21H24F2N2O. The first-order chi connectivity index (χ1) is 12.4. The lowest BCUT2D eigenvalue weighted by Crippen LogP contribution is -2.26. The van der Waals surface area contributed by atoms with Crippen molar-refractivity contribution >= 4 is 10.9 Å². The van der Waals surface area contributed by atoms with Crippen LogP contribution in [0, 0.1) is 0 Å². The number of aromatic amines is 1. The lowest BCUT2D eigenvalue weighted by Gasteiger charge is -2.19. The van der Waals surface area contributed by atoms with Crippen LogP contribution < -0.4 is 10.1 Å². The third-order valence-corrected chi connectivity index (χ3v) is 4.27. The highest BCUT2D eigenvalue weighted by Gasteiger charge is 2.15. The van der Waals surface area contributed by atoms with Crippen molar-refractivity contribution in [3.8, 4) is 17.0 Å². The van der Waals surface area contributed by atoms with Crippen molar-refractivity contribution < 1.29 is 13.5 Å². The zero-order valence-electron chi connectivity index (χ0n) is 15.2. The molecule has 0 radical (unpaired) electrons. The molecule has 0 bridgehead atoms. The molecule has 5 heteroatoms. The van der Waals surface area contributed by atoms with Crippen molar-refractivity contribution in [1.29, 1.82) is 0 Å². The molecule has 0 aliphatic carbocycles. The molecule has 1 aromatic heterocycles. The van der Waals surface area contributed by atoms with Crippen LogP contribution in [-0.2, 0) is 0 Å². The summed E-state index contributed by atoms with van der Waals surface area (Å²) in [5.41, 5.74) is 3.73. The molecule has 0 saturated carbocycles. The van der Waals surface area contributed by atoms with Gasteiger partial charge in [0.1, 0.15) is 12.4 Å². The summed E-state index contributed by atoms with van der Waals surface area (Å²) >= 11 is 0. The first-order valence-corrected chi connectivity index (χ1v) is 8.83. The Kier molecular flexibility index (Phi) is 5.57. The molecule has 1 heterocycles. The monoisotopic (exact) mass is 358 g/mol. The van der Waals surface area contributed by atoms with E-state index in [1.54, 1.807) is 6.07 Å². The highest BCUT2D eigenvalue weighted by Crippen LogP contribution is 2.34. The molecule has 26 heavy (non-hydrogen) atoms. The molecule has 1 atom stereocenters. The van der Waals surface area contributed by atoms with E-state index in [1.165, 1.54) is 0 Å². The first kappa shape index (κ1) is 18.4. The minimum absolute atomic E-state index is 0.141. The largest absolute Gasteiger partial charge is 0.487 e. The van der Waals surface area contributed by atoms with Gasteiger partial charge in [-0.2, -0.15) is 0 Å². The van der Waals surface area contributed by atoms with E-state index in [9.17, 15) is 8.78 Å². The summed E-state index contributed by atoms with van der Waals surface area (Å²) in [6, 6.07) is 16.1. The minimum Gasteiger partial charge on any atom is -0.487 e. The van der Waals surface area contributed by atoms with Crippen LogP contribution in [0.5, 0.6) is 5.75 Å². The van der Waals surface area contributed by atoms with Gasteiger partial charge in [0, 0.05) is 28.6 Å². The SMILES string of the molecule is CC(C)NC(C)c1ccc(OCC(F)F)c(-c2cc3ccccc3[nH]2)c1. The second-order valence-corrected chi connectivity index (χ2v) is 6.77. The van der Waals surface area contributed by atoms with Gasteiger partial charge in [0.15, 0.2) is 0 Å². The summed E-state index contributed by atoms with van der Waals surface area (Å²) in [5.74, 6) is 0.456. The van der Waals surface area contributed by atoms with Crippen LogP contribution in [-0.4, -0.2) is 24.1 Å². The predicted octanol–water partition coefficient (Wildman–Crippen LogP) is 5.54. The Morgan fingerprint density at radius 3 is 2.50 bits per heavy atom. The number of rotatable bonds is 7. The van der Waals surface area contributed by atoms with E-state index in [1.807, 2.05) is 42.5 Å². The fourth-order valence-electron chi connectivity index (χ4n) is 3.12. The summed E-state index contributed by atoms with van der Waals surface area (Å²) < 4.78 is 30.6. The first-order valence-electron chi connectivity index (χ1n) is 8.83. The number of para-hydroxylation sites is 1. The van der Waals surface area contributed by atoms with Gasteiger partial charge in [-0.1, -0.05) is 38.1 Å². The van der Waals surface area contributed by atoms with Crippen LogP contribution in [0.15, 0.2) is 48.5 Å². The summed E-state index contributed by atoms with van der Waals surface area (Å²) in [4.78, 5) is 3.36. The van der Waals surface area contributed by atoms with Gasteiger partial charge < -0.3 is 15.0 Å². The number of halogens is 2. The van der Waals surface area contributed by atoms with Gasteiger partial charge in [0.25, 0.3) is 6.43 Å². The number of benzene rings is 2. The molecule has 1 unspecified atom stereocenters. The fraction of sp³-hybridized carbons (Fsp3) is 0.333. The highest BCUT2D eigenvalue weighted by molar-refractivity contribution is 5.87. The van der Waals surface area contributed by atoms with Gasteiger partial charge in [0.2, 0.25) is 0 Å². The van der Waals surface area contributed by atoms with Gasteiger partial charge in [0.05, 0.1) is 5.69 Å². The van der Waals surface area contributed by atoms with Crippen molar-refractivity contribution in [1.82, 2.24) is 10.3 Å². The fourth-order valence-corrected chi connectivity index (χ4v) is 3.12. The topological polar surface area (TPSA) is 37.0 Å². The maximum atomic E-state index is 12.6. The lowest BCUT2D eigenvalue weighted by molar-refractivity contribution is 0.0821. The Morgan fingerprint density at radius 2 is 1.81 bits per heavy atom. The quantitative estimate of drug-likeness (QED) is 0.582. The molecule has 0 spiro atoms. The van der Waals surface area contributed by atoms with Gasteiger partial charge >= 0.3 is 0 Å². The summed E-state index contributed by atoms with van der Waals surface area (Å²) in [6.45, 7) is 5.65. The van der Waals surface area contributed by atoms with Crippen molar-refractivity contribution in [3.05, 3.63) is 54.1 Å². The van der Waals surface area contributed by atoms with E-state index < -0.39 is 13.0 Å². The molecule has 3 nitrogen and oxygen atoms in total. The molecule has 0 fully saturated rings. The molecule has 138 valence electrons. The normalized spacial score (nSPS) is 12.9. The number of hydrogen-bond acceptors (Lipinski definition) is 2.